The van der Waals surface area contributed by atoms with Gasteiger partial charge >= 0.3 is 0 Å². The lowest BCUT2D eigenvalue weighted by molar-refractivity contribution is 0.560. The van der Waals surface area contributed by atoms with Crippen molar-refractivity contribution in [3.05, 3.63) is 29.7 Å². The van der Waals surface area contributed by atoms with Gasteiger partial charge in [-0.2, -0.15) is 5.26 Å². The number of aromatic nitrogens is 1. The van der Waals surface area contributed by atoms with E-state index in [0.717, 1.165) is 30.6 Å². The van der Waals surface area contributed by atoms with Crippen LogP contribution in [0, 0.1) is 18.3 Å². The molecule has 0 saturated heterocycles. The Balaban J connectivity index is 1.93. The minimum absolute atomic E-state index is 0.604. The molecule has 2 aromatic rings. The molecular weight excluding hydrogens is 214 g/mol. The van der Waals surface area contributed by atoms with Crippen LogP contribution < -0.4 is 5.32 Å². The molecule has 1 aromatic heterocycles. The summed E-state index contributed by atoms with van der Waals surface area (Å²) >= 11 is 0. The predicted molar refractivity (Wildman–Crippen MR) is 65.3 cm³/mol. The largest absolute Gasteiger partial charge is 0.441 e. The molecule has 17 heavy (non-hydrogen) atoms. The third kappa shape index (κ3) is 3.05. The first-order chi connectivity index (χ1) is 8.29. The van der Waals surface area contributed by atoms with E-state index < -0.39 is 0 Å². The minimum atomic E-state index is 0.604. The summed E-state index contributed by atoms with van der Waals surface area (Å²) in [7, 11) is 0. The van der Waals surface area contributed by atoms with Crippen molar-refractivity contribution in [2.75, 3.05) is 6.54 Å². The number of aryl methyl sites for hydroxylation is 1. The molecule has 0 bridgehead atoms. The fourth-order valence-corrected chi connectivity index (χ4v) is 1.72. The Morgan fingerprint density at radius 1 is 1.47 bits per heavy atom. The Hall–Kier alpha value is -1.86. The summed E-state index contributed by atoms with van der Waals surface area (Å²) in [5, 5.41) is 11.7. The molecule has 2 rings (SSSR count). The summed E-state index contributed by atoms with van der Waals surface area (Å²) in [5.74, 6) is 0.694. The first kappa shape index (κ1) is 11.6. The second-order valence-electron chi connectivity index (χ2n) is 3.97. The molecule has 4 heteroatoms. The van der Waals surface area contributed by atoms with Crippen molar-refractivity contribution in [3.8, 4) is 6.07 Å². The van der Waals surface area contributed by atoms with Crippen molar-refractivity contribution in [2.24, 2.45) is 0 Å². The third-order valence-corrected chi connectivity index (χ3v) is 2.53. The Bertz CT molecular complexity index is 539. The van der Waals surface area contributed by atoms with Crippen LogP contribution >= 0.6 is 0 Å². The zero-order chi connectivity index (χ0) is 12.1. The smallest absolute Gasteiger partial charge is 0.192 e. The number of benzene rings is 1. The quantitative estimate of drug-likeness (QED) is 0.800. The van der Waals surface area contributed by atoms with Crippen molar-refractivity contribution in [1.82, 2.24) is 10.3 Å². The van der Waals surface area contributed by atoms with Crippen LogP contribution in [-0.4, -0.2) is 11.5 Å². The molecular formula is C13H15N3O. The number of hydrogen-bond donors (Lipinski definition) is 1. The van der Waals surface area contributed by atoms with Crippen molar-refractivity contribution >= 4 is 11.1 Å². The minimum Gasteiger partial charge on any atom is -0.441 e. The van der Waals surface area contributed by atoms with Crippen molar-refractivity contribution in [1.29, 1.82) is 5.26 Å². The monoisotopic (exact) mass is 229 g/mol. The summed E-state index contributed by atoms with van der Waals surface area (Å²) < 4.78 is 5.47. The lowest BCUT2D eigenvalue weighted by atomic mass is 10.2. The molecule has 1 N–H and O–H groups in total. The molecule has 4 nitrogen and oxygen atoms in total. The van der Waals surface area contributed by atoms with Gasteiger partial charge in [0, 0.05) is 19.9 Å². The molecule has 0 aliphatic rings. The average Bonchev–Trinajstić information content (AvgIpc) is 2.68. The van der Waals surface area contributed by atoms with Crippen molar-refractivity contribution in [3.63, 3.8) is 0 Å². The molecule has 0 fully saturated rings. The molecule has 88 valence electrons. The molecule has 0 amide bonds. The number of hydrogen-bond acceptors (Lipinski definition) is 4. The Morgan fingerprint density at radius 3 is 3.18 bits per heavy atom. The van der Waals surface area contributed by atoms with Crippen molar-refractivity contribution < 1.29 is 4.42 Å². The van der Waals surface area contributed by atoms with Gasteiger partial charge in [0.2, 0.25) is 0 Å². The zero-order valence-electron chi connectivity index (χ0n) is 9.86. The summed E-state index contributed by atoms with van der Waals surface area (Å²) in [5.41, 5.74) is 2.90. The standard InChI is InChI=1S/C13H15N3O/c1-10-16-12-5-4-11(8-13(12)17-10)9-15-7-3-2-6-14/h4-5,8,15H,2-3,7,9H2,1H3. The number of oxazole rings is 1. The number of nitrogens with one attached hydrogen (secondary N) is 1. The maximum Gasteiger partial charge on any atom is 0.192 e. The second kappa shape index (κ2) is 5.46. The normalized spacial score (nSPS) is 10.6. The highest BCUT2D eigenvalue weighted by Gasteiger charge is 2.02. The number of rotatable bonds is 5. The summed E-state index contributed by atoms with van der Waals surface area (Å²) in [6.45, 7) is 3.50. The van der Waals surface area contributed by atoms with Crippen LogP contribution in [0.5, 0.6) is 0 Å². The first-order valence-corrected chi connectivity index (χ1v) is 5.73. The molecule has 1 heterocycles. The number of nitriles is 1. The lowest BCUT2D eigenvalue weighted by Crippen LogP contribution is -2.14. The van der Waals surface area contributed by atoms with E-state index in [1.165, 1.54) is 5.56 Å². The molecule has 1 aromatic carbocycles. The highest BCUT2D eigenvalue weighted by atomic mass is 16.3. The van der Waals surface area contributed by atoms with Gasteiger partial charge in [-0.05, 0) is 30.7 Å². The van der Waals surface area contributed by atoms with Gasteiger partial charge in [0.05, 0.1) is 6.07 Å². The van der Waals surface area contributed by atoms with Crippen LogP contribution in [-0.2, 0) is 6.54 Å². The summed E-state index contributed by atoms with van der Waals surface area (Å²) in [4.78, 5) is 4.25. The van der Waals surface area contributed by atoms with E-state index in [4.69, 9.17) is 9.68 Å². The van der Waals surface area contributed by atoms with E-state index in [-0.39, 0.29) is 0 Å². The van der Waals surface area contributed by atoms with Crippen molar-refractivity contribution in [2.45, 2.75) is 26.3 Å². The van der Waals surface area contributed by atoms with Gasteiger partial charge in [0.1, 0.15) is 5.52 Å². The first-order valence-electron chi connectivity index (χ1n) is 5.73. The topological polar surface area (TPSA) is 61.9 Å². The fourth-order valence-electron chi connectivity index (χ4n) is 1.72. The Labute approximate surface area is 100 Å². The van der Waals surface area contributed by atoms with Gasteiger partial charge in [-0.1, -0.05) is 6.07 Å². The fraction of sp³-hybridized carbons (Fsp3) is 0.385. The number of fused-ring (bicyclic) bond motifs is 1. The van der Waals surface area contributed by atoms with Crippen LogP contribution in [0.15, 0.2) is 22.6 Å². The van der Waals surface area contributed by atoms with E-state index in [9.17, 15) is 0 Å². The van der Waals surface area contributed by atoms with Crippen LogP contribution in [0.2, 0.25) is 0 Å². The average molecular weight is 229 g/mol. The molecule has 0 aliphatic heterocycles. The maximum absolute atomic E-state index is 8.41. The van der Waals surface area contributed by atoms with Gasteiger partial charge in [0.25, 0.3) is 0 Å². The Kier molecular flexibility index (Phi) is 3.73. The van der Waals surface area contributed by atoms with E-state index in [0.29, 0.717) is 12.3 Å². The Morgan fingerprint density at radius 2 is 2.35 bits per heavy atom. The highest BCUT2D eigenvalue weighted by molar-refractivity contribution is 5.73. The predicted octanol–water partition coefficient (Wildman–Crippen LogP) is 2.53. The highest BCUT2D eigenvalue weighted by Crippen LogP contribution is 2.16. The van der Waals surface area contributed by atoms with Crippen LogP contribution in [0.3, 0.4) is 0 Å². The van der Waals surface area contributed by atoms with E-state index >= 15 is 0 Å². The molecule has 0 unspecified atom stereocenters. The molecule has 0 spiro atoms. The molecule has 0 aliphatic carbocycles. The number of unbranched alkanes of at least 4 members (excludes halogenated alkanes) is 1. The summed E-state index contributed by atoms with van der Waals surface area (Å²) in [6.07, 6.45) is 1.49. The summed E-state index contributed by atoms with van der Waals surface area (Å²) in [6, 6.07) is 8.15. The van der Waals surface area contributed by atoms with Gasteiger partial charge in [0.15, 0.2) is 11.5 Å². The van der Waals surface area contributed by atoms with E-state index in [2.05, 4.69) is 16.4 Å². The molecule has 0 radical (unpaired) electrons. The third-order valence-electron chi connectivity index (χ3n) is 2.53. The van der Waals surface area contributed by atoms with Gasteiger partial charge in [-0.15, -0.1) is 0 Å². The molecule has 0 atom stereocenters. The number of nitrogens with zero attached hydrogens (tertiary/aromatic N) is 2. The van der Waals surface area contributed by atoms with Gasteiger partial charge < -0.3 is 9.73 Å². The lowest BCUT2D eigenvalue weighted by Gasteiger charge is -2.02. The van der Waals surface area contributed by atoms with Crippen LogP contribution in [0.4, 0.5) is 0 Å². The van der Waals surface area contributed by atoms with Gasteiger partial charge in [-0.3, -0.25) is 0 Å². The van der Waals surface area contributed by atoms with Crippen LogP contribution in [0.1, 0.15) is 24.3 Å². The van der Waals surface area contributed by atoms with Gasteiger partial charge in [-0.25, -0.2) is 4.98 Å². The van der Waals surface area contributed by atoms with Crippen LogP contribution in [0.25, 0.3) is 11.1 Å². The maximum atomic E-state index is 8.41. The SMILES string of the molecule is Cc1nc2ccc(CNCCCC#N)cc2o1. The zero-order valence-corrected chi connectivity index (χ0v) is 9.86. The molecule has 0 saturated carbocycles. The van der Waals surface area contributed by atoms with E-state index in [1.54, 1.807) is 0 Å². The second-order valence-corrected chi connectivity index (χ2v) is 3.97. The van der Waals surface area contributed by atoms with E-state index in [1.807, 2.05) is 25.1 Å².